The highest BCUT2D eigenvalue weighted by Crippen LogP contribution is 2.25. The lowest BCUT2D eigenvalue weighted by Crippen LogP contribution is -2.13. The molecule has 98 valence electrons. The number of nitrogen functional groups attached to an aromatic ring is 1. The first-order valence-corrected chi connectivity index (χ1v) is 5.99. The molecule has 0 aliphatic rings. The van der Waals surface area contributed by atoms with Crippen LogP contribution in [0, 0.1) is 0 Å². The quantitative estimate of drug-likeness (QED) is 0.846. The number of hydrogen-bond acceptors (Lipinski definition) is 3. The normalized spacial score (nSPS) is 10.0. The Labute approximate surface area is 116 Å². The molecule has 0 unspecified atom stereocenters. The number of carbonyl (C=O) groups excluding carboxylic acids is 1. The Morgan fingerprint density at radius 1 is 1.26 bits per heavy atom. The van der Waals surface area contributed by atoms with Crippen molar-refractivity contribution < 1.29 is 9.53 Å². The topological polar surface area (TPSA) is 64.3 Å². The predicted molar refractivity (Wildman–Crippen MR) is 76.8 cm³/mol. The lowest BCUT2D eigenvalue weighted by atomic mass is 10.2. The highest BCUT2D eigenvalue weighted by Gasteiger charge is 2.12. The zero-order valence-corrected chi connectivity index (χ0v) is 11.1. The Morgan fingerprint density at radius 3 is 2.74 bits per heavy atom. The lowest BCUT2D eigenvalue weighted by Gasteiger charge is -2.10. The minimum atomic E-state index is -0.332. The molecule has 2 aromatic carbocycles. The monoisotopic (exact) mass is 276 g/mol. The summed E-state index contributed by atoms with van der Waals surface area (Å²) >= 11 is 5.98. The third-order valence-corrected chi connectivity index (χ3v) is 2.92. The first-order valence-electron chi connectivity index (χ1n) is 5.61. The van der Waals surface area contributed by atoms with Crippen LogP contribution in [0.2, 0.25) is 5.02 Å². The molecule has 0 bridgehead atoms. The minimum absolute atomic E-state index is 0.326. The van der Waals surface area contributed by atoms with Crippen molar-refractivity contribution in [2.24, 2.45) is 0 Å². The van der Waals surface area contributed by atoms with Gasteiger partial charge in [0.15, 0.2) is 0 Å². The van der Waals surface area contributed by atoms with Crippen LogP contribution in [0.4, 0.5) is 11.4 Å². The average molecular weight is 277 g/mol. The summed E-state index contributed by atoms with van der Waals surface area (Å²) in [6.07, 6.45) is 0. The van der Waals surface area contributed by atoms with Gasteiger partial charge in [0.2, 0.25) is 0 Å². The maximum atomic E-state index is 12.1. The molecule has 3 N–H and O–H groups in total. The Balaban J connectivity index is 2.28. The molecule has 0 aliphatic heterocycles. The Hall–Kier alpha value is -2.20. The van der Waals surface area contributed by atoms with Crippen molar-refractivity contribution in [1.29, 1.82) is 0 Å². The third kappa shape index (κ3) is 2.98. The molecule has 0 spiro atoms. The summed E-state index contributed by atoms with van der Waals surface area (Å²) in [5.74, 6) is 0.248. The van der Waals surface area contributed by atoms with Crippen LogP contribution in [0.1, 0.15) is 10.4 Å². The molecule has 19 heavy (non-hydrogen) atoms. The molecule has 0 fully saturated rings. The summed E-state index contributed by atoms with van der Waals surface area (Å²) in [5.41, 5.74) is 7.04. The molecule has 0 atom stereocenters. The number of methoxy groups -OCH3 is 1. The van der Waals surface area contributed by atoms with Gasteiger partial charge < -0.3 is 15.8 Å². The number of nitrogens with one attached hydrogen (secondary N) is 1. The SMILES string of the molecule is COc1ccccc1NC(=O)c1cc(N)ccc1Cl. The van der Waals surface area contributed by atoms with Crippen LogP contribution in [0.25, 0.3) is 0 Å². The van der Waals surface area contributed by atoms with Crippen molar-refractivity contribution in [2.75, 3.05) is 18.2 Å². The number of rotatable bonds is 3. The van der Waals surface area contributed by atoms with Gasteiger partial charge in [-0.25, -0.2) is 0 Å². The number of ether oxygens (including phenoxy) is 1. The molecule has 5 heteroatoms. The molecule has 0 aliphatic carbocycles. The van der Waals surface area contributed by atoms with Gasteiger partial charge >= 0.3 is 0 Å². The molecule has 2 rings (SSSR count). The van der Waals surface area contributed by atoms with E-state index in [1.54, 1.807) is 37.4 Å². The van der Waals surface area contributed by atoms with E-state index in [1.165, 1.54) is 6.07 Å². The van der Waals surface area contributed by atoms with Crippen molar-refractivity contribution in [3.8, 4) is 5.75 Å². The molecule has 0 saturated heterocycles. The number of amides is 1. The predicted octanol–water partition coefficient (Wildman–Crippen LogP) is 3.18. The van der Waals surface area contributed by atoms with Gasteiger partial charge in [0.25, 0.3) is 5.91 Å². The molecular formula is C14H13ClN2O2. The van der Waals surface area contributed by atoms with Gasteiger partial charge in [-0.15, -0.1) is 0 Å². The summed E-state index contributed by atoms with van der Waals surface area (Å²) in [4.78, 5) is 12.1. The number of nitrogens with two attached hydrogens (primary N) is 1. The van der Waals surface area contributed by atoms with Crippen molar-refractivity contribution in [3.05, 3.63) is 53.1 Å². The van der Waals surface area contributed by atoms with Crippen molar-refractivity contribution in [1.82, 2.24) is 0 Å². The van der Waals surface area contributed by atoms with Gasteiger partial charge in [-0.1, -0.05) is 23.7 Å². The van der Waals surface area contributed by atoms with Gasteiger partial charge in [-0.05, 0) is 30.3 Å². The molecule has 0 radical (unpaired) electrons. The van der Waals surface area contributed by atoms with Crippen LogP contribution < -0.4 is 15.8 Å². The zero-order valence-electron chi connectivity index (χ0n) is 10.3. The fourth-order valence-corrected chi connectivity index (χ4v) is 1.86. The smallest absolute Gasteiger partial charge is 0.257 e. The van der Waals surface area contributed by atoms with E-state index >= 15 is 0 Å². The van der Waals surface area contributed by atoms with E-state index in [2.05, 4.69) is 5.32 Å². The second-order valence-electron chi connectivity index (χ2n) is 3.89. The van der Waals surface area contributed by atoms with Crippen LogP contribution in [-0.2, 0) is 0 Å². The van der Waals surface area contributed by atoms with Gasteiger partial charge in [-0.2, -0.15) is 0 Å². The van der Waals surface area contributed by atoms with Crippen molar-refractivity contribution >= 4 is 28.9 Å². The van der Waals surface area contributed by atoms with Crippen molar-refractivity contribution in [3.63, 3.8) is 0 Å². The van der Waals surface area contributed by atoms with E-state index < -0.39 is 0 Å². The number of hydrogen-bond donors (Lipinski definition) is 2. The maximum Gasteiger partial charge on any atom is 0.257 e. The second kappa shape index (κ2) is 5.63. The number of para-hydroxylation sites is 2. The van der Waals surface area contributed by atoms with E-state index in [-0.39, 0.29) is 5.91 Å². The number of carbonyl (C=O) groups is 1. The standard InChI is InChI=1S/C14H13ClN2O2/c1-19-13-5-3-2-4-12(13)17-14(18)10-8-9(16)6-7-11(10)15/h2-8H,16H2,1H3,(H,17,18). The molecule has 0 saturated carbocycles. The van der Waals surface area contributed by atoms with E-state index in [0.29, 0.717) is 27.7 Å². The van der Waals surface area contributed by atoms with Crippen molar-refractivity contribution in [2.45, 2.75) is 0 Å². The van der Waals surface area contributed by atoms with Gasteiger partial charge in [0.1, 0.15) is 5.75 Å². The van der Waals surface area contributed by atoms with E-state index in [1.807, 2.05) is 6.07 Å². The fourth-order valence-electron chi connectivity index (χ4n) is 1.65. The van der Waals surface area contributed by atoms with Crippen LogP contribution in [0.5, 0.6) is 5.75 Å². The van der Waals surface area contributed by atoms with Gasteiger partial charge in [0.05, 0.1) is 23.4 Å². The summed E-state index contributed by atoms with van der Waals surface area (Å²) in [7, 11) is 1.54. The number of benzene rings is 2. The Kier molecular flexibility index (Phi) is 3.92. The Morgan fingerprint density at radius 2 is 2.00 bits per heavy atom. The Bertz CT molecular complexity index is 614. The summed E-state index contributed by atoms with van der Waals surface area (Å²) < 4.78 is 5.16. The first-order chi connectivity index (χ1) is 9.11. The molecular weight excluding hydrogens is 264 g/mol. The summed E-state index contributed by atoms with van der Waals surface area (Å²) in [6.45, 7) is 0. The highest BCUT2D eigenvalue weighted by atomic mass is 35.5. The van der Waals surface area contributed by atoms with E-state index in [0.717, 1.165) is 0 Å². The number of halogens is 1. The van der Waals surface area contributed by atoms with Crippen LogP contribution in [0.15, 0.2) is 42.5 Å². The van der Waals surface area contributed by atoms with Crippen LogP contribution in [-0.4, -0.2) is 13.0 Å². The lowest BCUT2D eigenvalue weighted by molar-refractivity contribution is 0.102. The summed E-state index contributed by atoms with van der Waals surface area (Å²) in [5, 5.41) is 3.09. The highest BCUT2D eigenvalue weighted by molar-refractivity contribution is 6.34. The molecule has 0 heterocycles. The zero-order chi connectivity index (χ0) is 13.8. The van der Waals surface area contributed by atoms with Crippen LogP contribution >= 0.6 is 11.6 Å². The summed E-state index contributed by atoms with van der Waals surface area (Å²) in [6, 6.07) is 11.9. The molecule has 0 aromatic heterocycles. The van der Waals surface area contributed by atoms with E-state index in [4.69, 9.17) is 22.1 Å². The van der Waals surface area contributed by atoms with Gasteiger partial charge in [0, 0.05) is 5.69 Å². The maximum absolute atomic E-state index is 12.1. The average Bonchev–Trinajstić information content (AvgIpc) is 2.42. The molecule has 4 nitrogen and oxygen atoms in total. The largest absolute Gasteiger partial charge is 0.495 e. The fraction of sp³-hybridized carbons (Fsp3) is 0.0714. The third-order valence-electron chi connectivity index (χ3n) is 2.59. The van der Waals surface area contributed by atoms with E-state index in [9.17, 15) is 4.79 Å². The minimum Gasteiger partial charge on any atom is -0.495 e. The van der Waals surface area contributed by atoms with Crippen LogP contribution in [0.3, 0.4) is 0 Å². The number of anilines is 2. The second-order valence-corrected chi connectivity index (χ2v) is 4.30. The molecule has 1 amide bonds. The molecule has 2 aromatic rings. The first kappa shape index (κ1) is 13.2. The van der Waals surface area contributed by atoms with Gasteiger partial charge in [-0.3, -0.25) is 4.79 Å².